The van der Waals surface area contributed by atoms with Crippen molar-refractivity contribution in [1.82, 2.24) is 0 Å². The van der Waals surface area contributed by atoms with Crippen LogP contribution in [0, 0.1) is 0 Å². The number of rotatable bonds is 4. The average molecular weight is 227 g/mol. The Kier molecular flexibility index (Phi) is 8.33. The van der Waals surface area contributed by atoms with Crippen molar-refractivity contribution in [3.05, 3.63) is 23.8 Å². The number of ether oxygens (including phenoxy) is 2. The third-order valence-corrected chi connectivity index (χ3v) is 1.81. The van der Waals surface area contributed by atoms with Crippen LogP contribution in [0.3, 0.4) is 0 Å². The fourth-order valence-corrected chi connectivity index (χ4v) is 1.14. The lowest BCUT2D eigenvalue weighted by Crippen LogP contribution is -1.94. The number of hydrogen-bond acceptors (Lipinski definition) is 5. The quantitative estimate of drug-likeness (QED) is 0.618. The van der Waals surface area contributed by atoms with Gasteiger partial charge in [-0.1, -0.05) is 0 Å². The van der Waals surface area contributed by atoms with Crippen molar-refractivity contribution < 1.29 is 24.6 Å². The van der Waals surface area contributed by atoms with Crippen LogP contribution in [0.15, 0.2) is 18.2 Å². The van der Waals surface area contributed by atoms with Crippen molar-refractivity contribution >= 4 is 7.69 Å². The third-order valence-electron chi connectivity index (χ3n) is 1.81. The van der Waals surface area contributed by atoms with Crippen LogP contribution in [0.1, 0.15) is 5.56 Å². The third kappa shape index (κ3) is 5.60. The fourth-order valence-electron chi connectivity index (χ4n) is 1.14. The van der Waals surface area contributed by atoms with E-state index < -0.39 is 0 Å². The molecule has 0 saturated carbocycles. The minimum absolute atomic E-state index is 0. The van der Waals surface area contributed by atoms with Gasteiger partial charge in [-0.2, -0.15) is 0 Å². The molecule has 6 heteroatoms. The van der Waals surface area contributed by atoms with Gasteiger partial charge in [-0.3, -0.25) is 0 Å². The first kappa shape index (κ1) is 14.8. The first-order chi connectivity index (χ1) is 7.71. The molecule has 0 aliphatic rings. The Morgan fingerprint density at radius 1 is 1.06 bits per heavy atom. The van der Waals surface area contributed by atoms with Crippen LogP contribution in [0.5, 0.6) is 11.5 Å². The molecule has 0 spiro atoms. The lowest BCUT2D eigenvalue weighted by Gasteiger charge is -2.06. The molecule has 1 aromatic rings. The molecule has 0 unspecified atom stereocenters. The maximum absolute atomic E-state index is 8.77. The summed E-state index contributed by atoms with van der Waals surface area (Å²) in [6, 6.07) is 5.58. The summed E-state index contributed by atoms with van der Waals surface area (Å²) in [5.41, 5.74) is 1.01. The standard InChI is InChI=1S/C10H14O3.BH2O2/c1-12-9-5-8(3-4-11)6-10(7-9)13-2;2-1-3/h5-7,11H,3-4H2,1-2H3;2-3H. The van der Waals surface area contributed by atoms with E-state index in [-0.39, 0.29) is 14.3 Å². The molecule has 1 aromatic carbocycles. The van der Waals surface area contributed by atoms with Crippen LogP contribution < -0.4 is 9.47 Å². The van der Waals surface area contributed by atoms with Gasteiger partial charge in [-0.05, 0) is 24.1 Å². The van der Waals surface area contributed by atoms with E-state index in [1.54, 1.807) is 20.3 Å². The van der Waals surface area contributed by atoms with Crippen molar-refractivity contribution in [3.63, 3.8) is 0 Å². The van der Waals surface area contributed by atoms with E-state index in [4.69, 9.17) is 24.6 Å². The maximum atomic E-state index is 8.77. The van der Waals surface area contributed by atoms with Gasteiger partial charge in [0.2, 0.25) is 0 Å². The van der Waals surface area contributed by atoms with E-state index in [2.05, 4.69) is 0 Å². The second-order valence-electron chi connectivity index (χ2n) is 2.81. The van der Waals surface area contributed by atoms with E-state index in [0.29, 0.717) is 6.42 Å². The van der Waals surface area contributed by atoms with Gasteiger partial charge >= 0.3 is 7.69 Å². The second-order valence-corrected chi connectivity index (χ2v) is 2.81. The molecule has 0 amide bonds. The van der Waals surface area contributed by atoms with E-state index in [1.807, 2.05) is 12.1 Å². The predicted octanol–water partition coefficient (Wildman–Crippen LogP) is -0.256. The maximum Gasteiger partial charge on any atom is 0.482 e. The molecule has 1 radical (unpaired) electrons. The molecule has 3 N–H and O–H groups in total. The van der Waals surface area contributed by atoms with Crippen molar-refractivity contribution in [2.24, 2.45) is 0 Å². The van der Waals surface area contributed by atoms with Crippen LogP contribution in [-0.2, 0) is 6.42 Å². The van der Waals surface area contributed by atoms with Gasteiger partial charge in [-0.15, -0.1) is 0 Å². The zero-order chi connectivity index (χ0) is 12.4. The molecule has 0 aliphatic carbocycles. The summed E-state index contributed by atoms with van der Waals surface area (Å²) in [6.07, 6.45) is 0.619. The van der Waals surface area contributed by atoms with Gasteiger partial charge in [0.1, 0.15) is 11.5 Å². The Labute approximate surface area is 95.6 Å². The summed E-state index contributed by atoms with van der Waals surface area (Å²) in [5, 5.41) is 22.8. The SMILES string of the molecule is COc1cc(CCO)cc(OC)c1.O[B]O. The summed E-state index contributed by atoms with van der Waals surface area (Å²) in [4.78, 5) is 0. The first-order valence-electron chi connectivity index (χ1n) is 4.64. The van der Waals surface area contributed by atoms with Gasteiger partial charge in [0.15, 0.2) is 0 Å². The first-order valence-corrected chi connectivity index (χ1v) is 4.64. The summed E-state index contributed by atoms with van der Waals surface area (Å²) in [5.74, 6) is 1.51. The smallest absolute Gasteiger partial charge is 0.482 e. The Balaban J connectivity index is 0.000000673. The monoisotopic (exact) mass is 227 g/mol. The summed E-state index contributed by atoms with van der Waals surface area (Å²) >= 11 is 0. The Bertz CT molecular complexity index is 270. The Morgan fingerprint density at radius 3 is 1.81 bits per heavy atom. The van der Waals surface area contributed by atoms with Crippen LogP contribution in [-0.4, -0.2) is 43.7 Å². The molecule has 0 aromatic heterocycles. The lowest BCUT2D eigenvalue weighted by molar-refractivity contribution is 0.299. The lowest BCUT2D eigenvalue weighted by atomic mass is 10.1. The molecule has 0 bridgehead atoms. The predicted molar refractivity (Wildman–Crippen MR) is 60.5 cm³/mol. The highest BCUT2D eigenvalue weighted by Gasteiger charge is 2.00. The molecule has 1 rings (SSSR count). The molecule has 0 heterocycles. The van der Waals surface area contributed by atoms with E-state index in [0.717, 1.165) is 17.1 Å². The van der Waals surface area contributed by atoms with Gasteiger partial charge in [0.05, 0.1) is 14.2 Å². The summed E-state index contributed by atoms with van der Waals surface area (Å²) < 4.78 is 10.2. The van der Waals surface area contributed by atoms with Crippen molar-refractivity contribution in [3.8, 4) is 11.5 Å². The molecule has 0 aliphatic heterocycles. The zero-order valence-electron chi connectivity index (χ0n) is 9.38. The largest absolute Gasteiger partial charge is 0.497 e. The second kappa shape index (κ2) is 9.02. The highest BCUT2D eigenvalue weighted by Crippen LogP contribution is 2.22. The van der Waals surface area contributed by atoms with Gasteiger partial charge in [0.25, 0.3) is 0 Å². The highest BCUT2D eigenvalue weighted by molar-refractivity contribution is 6.13. The highest BCUT2D eigenvalue weighted by atomic mass is 16.5. The van der Waals surface area contributed by atoms with E-state index in [1.165, 1.54) is 0 Å². The number of benzene rings is 1. The van der Waals surface area contributed by atoms with Crippen LogP contribution in [0.25, 0.3) is 0 Å². The van der Waals surface area contributed by atoms with E-state index >= 15 is 0 Å². The van der Waals surface area contributed by atoms with Gasteiger partial charge < -0.3 is 24.6 Å². The van der Waals surface area contributed by atoms with Crippen LogP contribution >= 0.6 is 0 Å². The molecule has 89 valence electrons. The molecular formula is C10H16BO5. The van der Waals surface area contributed by atoms with Crippen LogP contribution in [0.4, 0.5) is 0 Å². The molecule has 16 heavy (non-hydrogen) atoms. The zero-order valence-corrected chi connectivity index (χ0v) is 9.38. The molecule has 5 nitrogen and oxygen atoms in total. The Hall–Kier alpha value is -1.24. The normalized spacial score (nSPS) is 8.81. The summed E-state index contributed by atoms with van der Waals surface area (Å²) in [7, 11) is 3.22. The molecule has 0 atom stereocenters. The minimum Gasteiger partial charge on any atom is -0.497 e. The fraction of sp³-hybridized carbons (Fsp3) is 0.400. The van der Waals surface area contributed by atoms with E-state index in [9.17, 15) is 0 Å². The van der Waals surface area contributed by atoms with Crippen LogP contribution in [0.2, 0.25) is 0 Å². The summed E-state index contributed by atoms with van der Waals surface area (Å²) in [6.45, 7) is 0.135. The Morgan fingerprint density at radius 2 is 1.50 bits per heavy atom. The topological polar surface area (TPSA) is 79.2 Å². The van der Waals surface area contributed by atoms with Crippen molar-refractivity contribution in [2.45, 2.75) is 6.42 Å². The van der Waals surface area contributed by atoms with Crippen molar-refractivity contribution in [1.29, 1.82) is 0 Å². The number of hydrogen-bond donors (Lipinski definition) is 3. The molecule has 0 saturated heterocycles. The number of aliphatic hydroxyl groups is 1. The molecular weight excluding hydrogens is 211 g/mol. The van der Waals surface area contributed by atoms with Crippen molar-refractivity contribution in [2.75, 3.05) is 20.8 Å². The minimum atomic E-state index is 0. The number of aliphatic hydroxyl groups excluding tert-OH is 1. The molecule has 0 fully saturated rings. The van der Waals surface area contributed by atoms with Gasteiger partial charge in [-0.25, -0.2) is 0 Å². The van der Waals surface area contributed by atoms with Gasteiger partial charge in [0, 0.05) is 12.7 Å². The number of methoxy groups -OCH3 is 2. The average Bonchev–Trinajstić information content (AvgIpc) is 2.30.